The minimum Gasteiger partial charge on any atom is -0.465 e. The standard InChI is InChI=1S/C14H18N2O2S/c1-7-10(14(17)18-2)13(19)16-12(15-7)11-8-5-3-4-6-9(8)11/h8-9,11H,3-6H2,1-2H3,(H,15,16,19). The Labute approximate surface area is 117 Å². The third kappa shape index (κ3) is 2.10. The number of esters is 1. The highest BCUT2D eigenvalue weighted by molar-refractivity contribution is 7.71. The van der Waals surface area contributed by atoms with Gasteiger partial charge >= 0.3 is 5.97 Å². The lowest BCUT2D eigenvalue weighted by molar-refractivity contribution is 0.0598. The fourth-order valence-electron chi connectivity index (χ4n) is 3.51. The molecule has 2 saturated carbocycles. The van der Waals surface area contributed by atoms with E-state index in [0.29, 0.717) is 16.1 Å². The minimum absolute atomic E-state index is 0.363. The van der Waals surface area contributed by atoms with Crippen molar-refractivity contribution in [3.63, 3.8) is 0 Å². The summed E-state index contributed by atoms with van der Waals surface area (Å²) in [5.41, 5.74) is 1.16. The largest absolute Gasteiger partial charge is 0.465 e. The molecular weight excluding hydrogens is 260 g/mol. The Morgan fingerprint density at radius 1 is 1.37 bits per heavy atom. The summed E-state index contributed by atoms with van der Waals surface area (Å²) < 4.78 is 5.11. The van der Waals surface area contributed by atoms with Gasteiger partial charge in [-0.15, -0.1) is 0 Å². The second kappa shape index (κ2) is 4.71. The van der Waals surface area contributed by atoms with Crippen molar-refractivity contribution < 1.29 is 9.53 Å². The van der Waals surface area contributed by atoms with Crippen LogP contribution in [0.5, 0.6) is 0 Å². The smallest absolute Gasteiger partial charge is 0.342 e. The predicted octanol–water partition coefficient (Wildman–Crippen LogP) is 3.14. The molecule has 1 aromatic rings. The second-order valence-electron chi connectivity index (χ2n) is 5.56. The number of ether oxygens (including phenoxy) is 1. The molecule has 0 aliphatic heterocycles. The van der Waals surface area contributed by atoms with Crippen LogP contribution in [0.15, 0.2) is 0 Å². The maximum atomic E-state index is 11.7. The fourth-order valence-corrected chi connectivity index (χ4v) is 3.84. The monoisotopic (exact) mass is 278 g/mol. The van der Waals surface area contributed by atoms with Crippen LogP contribution in [0, 0.1) is 23.4 Å². The first-order valence-corrected chi connectivity index (χ1v) is 7.23. The number of aryl methyl sites for hydroxylation is 1. The van der Waals surface area contributed by atoms with Crippen molar-refractivity contribution in [3.8, 4) is 0 Å². The van der Waals surface area contributed by atoms with Crippen LogP contribution in [-0.2, 0) is 4.74 Å². The van der Waals surface area contributed by atoms with Gasteiger partial charge in [0.05, 0.1) is 7.11 Å². The normalized spacial score (nSPS) is 28.6. The number of carbonyl (C=O) groups is 1. The average molecular weight is 278 g/mol. The summed E-state index contributed by atoms with van der Waals surface area (Å²) in [4.78, 5) is 19.4. The van der Waals surface area contributed by atoms with Gasteiger partial charge in [-0.2, -0.15) is 0 Å². The lowest BCUT2D eigenvalue weighted by Crippen LogP contribution is -2.10. The molecular formula is C14H18N2O2S. The van der Waals surface area contributed by atoms with E-state index < -0.39 is 5.97 Å². The molecule has 0 spiro atoms. The van der Waals surface area contributed by atoms with Gasteiger partial charge in [0, 0.05) is 11.6 Å². The van der Waals surface area contributed by atoms with Crippen LogP contribution in [-0.4, -0.2) is 23.0 Å². The highest BCUT2D eigenvalue weighted by Gasteiger charge is 2.52. The Bertz CT molecular complexity index is 569. The summed E-state index contributed by atoms with van der Waals surface area (Å²) in [5, 5.41) is 0. The van der Waals surface area contributed by atoms with Crippen LogP contribution in [0.4, 0.5) is 0 Å². The van der Waals surface area contributed by atoms with Gasteiger partial charge in [0.25, 0.3) is 0 Å². The number of carbonyl (C=O) groups excluding carboxylic acids is 1. The molecule has 0 radical (unpaired) electrons. The molecule has 0 amide bonds. The van der Waals surface area contributed by atoms with E-state index in [-0.39, 0.29) is 0 Å². The third-order valence-corrected chi connectivity index (χ3v) is 4.78. The third-order valence-electron chi connectivity index (χ3n) is 4.49. The highest BCUT2D eigenvalue weighted by atomic mass is 32.1. The van der Waals surface area contributed by atoms with Gasteiger partial charge in [0.1, 0.15) is 16.0 Å². The van der Waals surface area contributed by atoms with Crippen molar-refractivity contribution in [1.29, 1.82) is 0 Å². The van der Waals surface area contributed by atoms with Gasteiger partial charge in [0.15, 0.2) is 0 Å². The Morgan fingerprint density at radius 2 is 2.00 bits per heavy atom. The zero-order chi connectivity index (χ0) is 13.6. The van der Waals surface area contributed by atoms with Crippen LogP contribution in [0.2, 0.25) is 0 Å². The lowest BCUT2D eigenvalue weighted by Gasteiger charge is -2.07. The van der Waals surface area contributed by atoms with Gasteiger partial charge < -0.3 is 9.72 Å². The number of rotatable bonds is 2. The van der Waals surface area contributed by atoms with Crippen LogP contribution in [0.1, 0.15) is 53.5 Å². The molecule has 5 heteroatoms. The van der Waals surface area contributed by atoms with Crippen molar-refractivity contribution in [2.45, 2.75) is 38.5 Å². The predicted molar refractivity (Wildman–Crippen MR) is 73.7 cm³/mol. The van der Waals surface area contributed by atoms with E-state index in [1.807, 2.05) is 6.92 Å². The molecule has 102 valence electrons. The number of aromatic amines is 1. The Kier molecular flexibility index (Phi) is 3.17. The van der Waals surface area contributed by atoms with E-state index in [2.05, 4.69) is 9.97 Å². The molecule has 1 heterocycles. The van der Waals surface area contributed by atoms with Crippen LogP contribution in [0.3, 0.4) is 0 Å². The molecule has 0 bridgehead atoms. The number of aromatic nitrogens is 2. The van der Waals surface area contributed by atoms with Crippen molar-refractivity contribution in [2.24, 2.45) is 11.8 Å². The average Bonchev–Trinajstić information content (AvgIpc) is 3.11. The summed E-state index contributed by atoms with van der Waals surface area (Å²) in [7, 11) is 1.36. The molecule has 2 fully saturated rings. The van der Waals surface area contributed by atoms with E-state index in [1.165, 1.54) is 32.8 Å². The van der Waals surface area contributed by atoms with Crippen LogP contribution < -0.4 is 0 Å². The van der Waals surface area contributed by atoms with Gasteiger partial charge in [0.2, 0.25) is 0 Å². The quantitative estimate of drug-likeness (QED) is 0.667. The second-order valence-corrected chi connectivity index (χ2v) is 5.94. The number of methoxy groups -OCH3 is 1. The Hall–Kier alpha value is -1.23. The number of H-pyrrole nitrogens is 1. The number of nitrogens with one attached hydrogen (secondary N) is 1. The first kappa shape index (κ1) is 12.8. The summed E-state index contributed by atoms with van der Waals surface area (Å²) in [5.74, 6) is 2.62. The zero-order valence-corrected chi connectivity index (χ0v) is 12.0. The molecule has 0 saturated heterocycles. The van der Waals surface area contributed by atoms with E-state index in [0.717, 1.165) is 23.4 Å². The Morgan fingerprint density at radius 3 is 2.53 bits per heavy atom. The van der Waals surface area contributed by atoms with E-state index in [9.17, 15) is 4.79 Å². The van der Waals surface area contributed by atoms with Gasteiger partial charge in [-0.3, -0.25) is 0 Å². The summed E-state index contributed by atoms with van der Waals surface area (Å²) in [6.07, 6.45) is 5.26. The summed E-state index contributed by atoms with van der Waals surface area (Å²) >= 11 is 5.25. The summed E-state index contributed by atoms with van der Waals surface area (Å²) in [6.45, 7) is 1.86. The molecule has 4 nitrogen and oxygen atoms in total. The molecule has 19 heavy (non-hydrogen) atoms. The molecule has 0 aromatic carbocycles. The molecule has 1 N–H and O–H groups in total. The van der Waals surface area contributed by atoms with Gasteiger partial charge in [-0.1, -0.05) is 25.1 Å². The number of fused-ring (bicyclic) bond motifs is 1. The topological polar surface area (TPSA) is 55.0 Å². The van der Waals surface area contributed by atoms with Gasteiger partial charge in [-0.25, -0.2) is 9.78 Å². The molecule has 2 atom stereocenters. The van der Waals surface area contributed by atoms with Crippen molar-refractivity contribution in [3.05, 3.63) is 21.7 Å². The number of nitrogens with zero attached hydrogens (tertiary/aromatic N) is 1. The molecule has 2 aliphatic rings. The number of hydrogen-bond donors (Lipinski definition) is 1. The van der Waals surface area contributed by atoms with Crippen molar-refractivity contribution in [1.82, 2.24) is 9.97 Å². The first-order valence-electron chi connectivity index (χ1n) is 6.82. The first-order chi connectivity index (χ1) is 9.13. The van der Waals surface area contributed by atoms with Crippen molar-refractivity contribution >= 4 is 18.2 Å². The number of hydrogen-bond acceptors (Lipinski definition) is 4. The van der Waals surface area contributed by atoms with Gasteiger partial charge in [-0.05, 0) is 31.6 Å². The summed E-state index contributed by atoms with van der Waals surface area (Å²) in [6, 6.07) is 0. The molecule has 3 rings (SSSR count). The highest BCUT2D eigenvalue weighted by Crippen LogP contribution is 2.60. The minimum atomic E-state index is -0.411. The fraction of sp³-hybridized carbons (Fsp3) is 0.643. The SMILES string of the molecule is COC(=O)c1c(C)[nH]c(C2C3CCCCC32)nc1=S. The van der Waals surface area contributed by atoms with E-state index in [4.69, 9.17) is 17.0 Å². The Balaban J connectivity index is 1.93. The molecule has 1 aromatic heterocycles. The molecule has 2 unspecified atom stereocenters. The van der Waals surface area contributed by atoms with E-state index in [1.54, 1.807) is 0 Å². The van der Waals surface area contributed by atoms with Crippen LogP contribution in [0.25, 0.3) is 0 Å². The zero-order valence-electron chi connectivity index (χ0n) is 11.2. The maximum Gasteiger partial charge on any atom is 0.342 e. The van der Waals surface area contributed by atoms with E-state index >= 15 is 0 Å². The maximum absolute atomic E-state index is 11.7. The molecule has 2 aliphatic carbocycles. The van der Waals surface area contributed by atoms with Crippen LogP contribution >= 0.6 is 12.2 Å². The van der Waals surface area contributed by atoms with Crippen molar-refractivity contribution in [2.75, 3.05) is 7.11 Å². The lowest BCUT2D eigenvalue weighted by atomic mass is 10.0.